The molecular weight excluding hydrogens is 244 g/mol. The number of hydrogen-bond acceptors (Lipinski definition) is 2. The van der Waals surface area contributed by atoms with E-state index in [1.165, 1.54) is 12.3 Å². The molecule has 3 nitrogen and oxygen atoms in total. The monoisotopic (exact) mass is 247 g/mol. The lowest BCUT2D eigenvalue weighted by molar-refractivity contribution is 0.153. The fourth-order valence-corrected chi connectivity index (χ4v) is 1.53. The molecule has 2 aromatic heterocycles. The second kappa shape index (κ2) is 3.02. The highest BCUT2D eigenvalue weighted by Crippen LogP contribution is 2.27. The van der Waals surface area contributed by atoms with Gasteiger partial charge in [0, 0.05) is 10.9 Å². The Hall–Kier alpha value is -1.04. The van der Waals surface area contributed by atoms with Gasteiger partial charge in [-0.25, -0.2) is 13.8 Å². The summed E-state index contributed by atoms with van der Waals surface area (Å²) < 4.78 is 25.3. The number of pyridine rings is 1. The zero-order chi connectivity index (χ0) is 9.42. The van der Waals surface area contributed by atoms with E-state index in [1.54, 1.807) is 0 Å². The van der Waals surface area contributed by atoms with Crippen molar-refractivity contribution in [2.45, 2.75) is 6.43 Å². The molecule has 0 aliphatic heterocycles. The van der Waals surface area contributed by atoms with Crippen LogP contribution in [0.25, 0.3) is 11.0 Å². The molecule has 2 aromatic rings. The number of hydrogen-bond donors (Lipinski definition) is 1. The van der Waals surface area contributed by atoms with E-state index >= 15 is 0 Å². The molecule has 13 heavy (non-hydrogen) atoms. The van der Waals surface area contributed by atoms with Crippen LogP contribution in [0.2, 0.25) is 0 Å². The summed E-state index contributed by atoms with van der Waals surface area (Å²) >= 11 is 3.04. The van der Waals surface area contributed by atoms with Gasteiger partial charge in [-0.3, -0.25) is 5.10 Å². The van der Waals surface area contributed by atoms with Crippen molar-refractivity contribution in [1.82, 2.24) is 15.2 Å². The quantitative estimate of drug-likeness (QED) is 0.788. The number of rotatable bonds is 1. The first-order chi connectivity index (χ1) is 6.18. The average molecular weight is 248 g/mol. The van der Waals surface area contributed by atoms with Gasteiger partial charge in [0.2, 0.25) is 0 Å². The molecule has 0 aliphatic carbocycles. The van der Waals surface area contributed by atoms with Gasteiger partial charge < -0.3 is 0 Å². The van der Waals surface area contributed by atoms with Crippen LogP contribution < -0.4 is 0 Å². The molecule has 0 bridgehead atoms. The molecule has 0 radical (unpaired) electrons. The summed E-state index contributed by atoms with van der Waals surface area (Å²) in [5, 5.41) is 6.53. The van der Waals surface area contributed by atoms with Gasteiger partial charge >= 0.3 is 0 Å². The minimum atomic E-state index is -2.51. The van der Waals surface area contributed by atoms with Gasteiger partial charge in [0.15, 0.2) is 5.65 Å². The van der Waals surface area contributed by atoms with Crippen LogP contribution in [0.5, 0.6) is 0 Å². The Morgan fingerprint density at radius 1 is 1.46 bits per heavy atom. The van der Waals surface area contributed by atoms with E-state index in [2.05, 4.69) is 31.1 Å². The first-order valence-corrected chi connectivity index (χ1v) is 4.25. The minimum Gasteiger partial charge on any atom is -0.261 e. The van der Waals surface area contributed by atoms with Crippen molar-refractivity contribution in [3.8, 4) is 0 Å². The third kappa shape index (κ3) is 1.41. The molecule has 0 fully saturated rings. The predicted molar refractivity (Wildman–Crippen MR) is 46.5 cm³/mol. The maximum absolute atomic E-state index is 12.5. The Kier molecular flexibility index (Phi) is 1.99. The lowest BCUT2D eigenvalue weighted by Crippen LogP contribution is -1.88. The summed E-state index contributed by atoms with van der Waals surface area (Å²) in [6, 6.07) is 1.29. The second-order valence-corrected chi connectivity index (χ2v) is 3.28. The topological polar surface area (TPSA) is 41.6 Å². The van der Waals surface area contributed by atoms with Crippen LogP contribution in [0.4, 0.5) is 8.78 Å². The molecule has 68 valence electrons. The standard InChI is InChI=1S/C7H4BrF2N3/c8-5-1-3(6(9)10)4-2-11-13-7(4)12-5/h1-2,6H,(H,11,12,13). The molecular formula is C7H4BrF2N3. The van der Waals surface area contributed by atoms with Gasteiger partial charge in [-0.1, -0.05) is 0 Å². The number of nitrogens with one attached hydrogen (secondary N) is 1. The van der Waals surface area contributed by atoms with Crippen LogP contribution in [-0.2, 0) is 0 Å². The molecule has 0 atom stereocenters. The molecule has 0 saturated heterocycles. The Morgan fingerprint density at radius 3 is 2.92 bits per heavy atom. The smallest absolute Gasteiger partial charge is 0.261 e. The SMILES string of the molecule is FC(F)c1cc(Br)nc2[nH]ncc12. The molecule has 0 unspecified atom stereocenters. The Morgan fingerprint density at radius 2 is 2.23 bits per heavy atom. The van der Waals surface area contributed by atoms with Crippen molar-refractivity contribution in [1.29, 1.82) is 0 Å². The van der Waals surface area contributed by atoms with Crippen molar-refractivity contribution in [2.75, 3.05) is 0 Å². The molecule has 0 saturated carbocycles. The highest BCUT2D eigenvalue weighted by molar-refractivity contribution is 9.10. The molecule has 0 aliphatic rings. The van der Waals surface area contributed by atoms with Gasteiger partial charge in [-0.15, -0.1) is 0 Å². The first-order valence-electron chi connectivity index (χ1n) is 3.46. The third-order valence-electron chi connectivity index (χ3n) is 1.66. The number of alkyl halides is 2. The molecule has 0 aromatic carbocycles. The summed E-state index contributed by atoms with van der Waals surface area (Å²) in [6.45, 7) is 0. The lowest BCUT2D eigenvalue weighted by Gasteiger charge is -2.00. The highest BCUT2D eigenvalue weighted by Gasteiger charge is 2.14. The summed E-state index contributed by atoms with van der Waals surface area (Å²) in [4.78, 5) is 3.94. The average Bonchev–Trinajstić information content (AvgIpc) is 2.49. The van der Waals surface area contributed by atoms with Crippen LogP contribution >= 0.6 is 15.9 Å². The van der Waals surface area contributed by atoms with Crippen molar-refractivity contribution in [3.63, 3.8) is 0 Å². The van der Waals surface area contributed by atoms with E-state index in [-0.39, 0.29) is 5.56 Å². The molecule has 1 N–H and O–H groups in total. The van der Waals surface area contributed by atoms with Crippen LogP contribution in [0.15, 0.2) is 16.9 Å². The number of fused-ring (bicyclic) bond motifs is 1. The fourth-order valence-electron chi connectivity index (χ4n) is 1.10. The minimum absolute atomic E-state index is 0.0642. The summed E-state index contributed by atoms with van der Waals surface area (Å²) in [5.41, 5.74) is 0.301. The second-order valence-electron chi connectivity index (χ2n) is 2.47. The van der Waals surface area contributed by atoms with E-state index in [1.807, 2.05) is 0 Å². The number of aromatic nitrogens is 3. The largest absolute Gasteiger partial charge is 0.264 e. The zero-order valence-corrected chi connectivity index (χ0v) is 7.85. The predicted octanol–water partition coefficient (Wildman–Crippen LogP) is 2.66. The third-order valence-corrected chi connectivity index (χ3v) is 2.06. The highest BCUT2D eigenvalue weighted by atomic mass is 79.9. The summed E-state index contributed by atoms with van der Waals surface area (Å²) in [6.07, 6.45) is -1.17. The molecule has 0 amide bonds. The van der Waals surface area contributed by atoms with Crippen LogP contribution in [0, 0.1) is 0 Å². The van der Waals surface area contributed by atoms with Gasteiger partial charge in [-0.05, 0) is 22.0 Å². The molecule has 2 heterocycles. The van der Waals surface area contributed by atoms with Crippen LogP contribution in [-0.4, -0.2) is 15.2 Å². The summed E-state index contributed by atoms with van der Waals surface area (Å²) in [5.74, 6) is 0. The lowest BCUT2D eigenvalue weighted by atomic mass is 10.2. The van der Waals surface area contributed by atoms with Crippen LogP contribution in [0.1, 0.15) is 12.0 Å². The molecule has 6 heteroatoms. The van der Waals surface area contributed by atoms with Gasteiger partial charge in [0.05, 0.1) is 6.20 Å². The number of nitrogens with zero attached hydrogens (tertiary/aromatic N) is 2. The Balaban J connectivity index is 2.77. The van der Waals surface area contributed by atoms with Crippen molar-refractivity contribution < 1.29 is 8.78 Å². The van der Waals surface area contributed by atoms with E-state index in [0.29, 0.717) is 15.6 Å². The van der Waals surface area contributed by atoms with Gasteiger partial charge in [0.25, 0.3) is 6.43 Å². The number of aromatic amines is 1. The van der Waals surface area contributed by atoms with Crippen molar-refractivity contribution in [2.24, 2.45) is 0 Å². The van der Waals surface area contributed by atoms with Crippen LogP contribution in [0.3, 0.4) is 0 Å². The zero-order valence-electron chi connectivity index (χ0n) is 6.26. The number of H-pyrrole nitrogens is 1. The Labute approximate surface area is 80.3 Å². The Bertz CT molecular complexity index is 440. The summed E-state index contributed by atoms with van der Waals surface area (Å²) in [7, 11) is 0. The van der Waals surface area contributed by atoms with E-state index in [0.717, 1.165) is 0 Å². The normalized spacial score (nSPS) is 11.4. The first kappa shape index (κ1) is 8.55. The van der Waals surface area contributed by atoms with E-state index in [4.69, 9.17) is 0 Å². The van der Waals surface area contributed by atoms with Crippen molar-refractivity contribution >= 4 is 27.0 Å². The van der Waals surface area contributed by atoms with E-state index < -0.39 is 6.43 Å². The maximum atomic E-state index is 12.5. The van der Waals surface area contributed by atoms with Crippen molar-refractivity contribution in [3.05, 3.63) is 22.4 Å². The van der Waals surface area contributed by atoms with E-state index in [9.17, 15) is 8.78 Å². The number of halogens is 3. The van der Waals surface area contributed by atoms with Gasteiger partial charge in [0.1, 0.15) is 4.60 Å². The fraction of sp³-hybridized carbons (Fsp3) is 0.143. The molecule has 2 rings (SSSR count). The molecule has 0 spiro atoms. The maximum Gasteiger partial charge on any atom is 0.264 e. The van der Waals surface area contributed by atoms with Gasteiger partial charge in [-0.2, -0.15) is 5.10 Å².